The lowest BCUT2D eigenvalue weighted by atomic mass is 10.0. The molecule has 0 aromatic heterocycles. The fraction of sp³-hybridized carbons (Fsp3) is 0.818. The lowest BCUT2D eigenvalue weighted by Gasteiger charge is -2.17. The molecule has 98 valence electrons. The van der Waals surface area contributed by atoms with Gasteiger partial charge in [-0.15, -0.1) is 0 Å². The van der Waals surface area contributed by atoms with Gasteiger partial charge in [-0.1, -0.05) is 6.92 Å². The zero-order valence-electron chi connectivity index (χ0n) is 10.2. The minimum absolute atomic E-state index is 0.150. The molecule has 6 nitrogen and oxygen atoms in total. The topological polar surface area (TPSA) is 87.7 Å². The van der Waals surface area contributed by atoms with Crippen LogP contribution in [0.4, 0.5) is 4.79 Å². The molecular weight excluding hydrogens is 224 g/mol. The Bertz CT molecular complexity index is 283. The van der Waals surface area contributed by atoms with Gasteiger partial charge in [-0.25, -0.2) is 9.59 Å². The molecule has 0 bridgehead atoms. The van der Waals surface area contributed by atoms with Crippen molar-refractivity contribution in [2.75, 3.05) is 13.2 Å². The molecule has 3 N–H and O–H groups in total. The second-order valence-electron chi connectivity index (χ2n) is 4.28. The molecule has 6 heteroatoms. The number of ether oxygens (including phenoxy) is 1. The first-order chi connectivity index (χ1) is 8.04. The summed E-state index contributed by atoms with van der Waals surface area (Å²) in [5.74, 6) is -0.703. The van der Waals surface area contributed by atoms with Crippen LogP contribution in [0.25, 0.3) is 0 Å². The van der Waals surface area contributed by atoms with E-state index in [4.69, 9.17) is 9.84 Å². The highest BCUT2D eigenvalue weighted by atomic mass is 16.5. The molecule has 1 aliphatic heterocycles. The van der Waals surface area contributed by atoms with E-state index in [0.717, 1.165) is 13.0 Å². The van der Waals surface area contributed by atoms with E-state index >= 15 is 0 Å². The van der Waals surface area contributed by atoms with Gasteiger partial charge in [-0.2, -0.15) is 0 Å². The Kier molecular flexibility index (Phi) is 5.21. The average molecular weight is 244 g/mol. The summed E-state index contributed by atoms with van der Waals surface area (Å²) in [6.45, 7) is 4.93. The van der Waals surface area contributed by atoms with Crippen LogP contribution >= 0.6 is 0 Å². The van der Waals surface area contributed by atoms with Gasteiger partial charge in [0.2, 0.25) is 0 Å². The van der Waals surface area contributed by atoms with Gasteiger partial charge in [-0.3, -0.25) is 0 Å². The van der Waals surface area contributed by atoms with Crippen molar-refractivity contribution in [1.82, 2.24) is 10.6 Å². The molecule has 1 aliphatic rings. The van der Waals surface area contributed by atoms with E-state index < -0.39 is 18.0 Å². The number of urea groups is 1. The van der Waals surface area contributed by atoms with Crippen molar-refractivity contribution in [3.8, 4) is 0 Å². The van der Waals surface area contributed by atoms with Gasteiger partial charge in [0.05, 0.1) is 6.10 Å². The Morgan fingerprint density at radius 3 is 2.71 bits per heavy atom. The van der Waals surface area contributed by atoms with Gasteiger partial charge in [0.1, 0.15) is 6.04 Å². The summed E-state index contributed by atoms with van der Waals surface area (Å²) in [5, 5.41) is 13.9. The molecule has 0 aromatic rings. The Hall–Kier alpha value is -1.30. The smallest absolute Gasteiger partial charge is 0.326 e. The maximum Gasteiger partial charge on any atom is 0.326 e. The Morgan fingerprint density at radius 2 is 2.24 bits per heavy atom. The van der Waals surface area contributed by atoms with Crippen LogP contribution in [-0.2, 0) is 9.53 Å². The molecule has 1 fully saturated rings. The Balaban J connectivity index is 2.27. The number of carboxylic acids is 1. The summed E-state index contributed by atoms with van der Waals surface area (Å²) in [7, 11) is 0. The van der Waals surface area contributed by atoms with Crippen LogP contribution in [0.3, 0.4) is 0 Å². The minimum atomic E-state index is -1.01. The molecule has 1 saturated heterocycles. The number of hydrogen-bond acceptors (Lipinski definition) is 3. The van der Waals surface area contributed by atoms with Crippen molar-refractivity contribution in [3.63, 3.8) is 0 Å². The summed E-state index contributed by atoms with van der Waals surface area (Å²) < 4.78 is 5.37. The van der Waals surface area contributed by atoms with Crippen LogP contribution in [-0.4, -0.2) is 42.4 Å². The van der Waals surface area contributed by atoms with Crippen molar-refractivity contribution in [2.45, 2.75) is 38.8 Å². The van der Waals surface area contributed by atoms with E-state index in [1.54, 1.807) is 6.92 Å². The van der Waals surface area contributed by atoms with Gasteiger partial charge in [0, 0.05) is 19.1 Å². The standard InChI is InChI=1S/C11H20N2O4/c1-3-9(10(14)15)13-11(16)12-6-8-4-5-17-7(8)2/h7-9H,3-6H2,1-2H3,(H,14,15)(H2,12,13,16)/t7?,8?,9-/m0/s1. The van der Waals surface area contributed by atoms with E-state index in [1.807, 2.05) is 6.92 Å². The van der Waals surface area contributed by atoms with Crippen LogP contribution < -0.4 is 10.6 Å². The van der Waals surface area contributed by atoms with Crippen LogP contribution in [0.2, 0.25) is 0 Å². The molecule has 3 atom stereocenters. The highest BCUT2D eigenvalue weighted by molar-refractivity contribution is 5.82. The first kappa shape index (κ1) is 13.8. The molecule has 0 spiro atoms. The zero-order chi connectivity index (χ0) is 12.8. The van der Waals surface area contributed by atoms with Crippen molar-refractivity contribution in [3.05, 3.63) is 0 Å². The van der Waals surface area contributed by atoms with Crippen LogP contribution in [0.1, 0.15) is 26.7 Å². The van der Waals surface area contributed by atoms with Crippen LogP contribution in [0.5, 0.6) is 0 Å². The van der Waals surface area contributed by atoms with Gasteiger partial charge in [0.25, 0.3) is 0 Å². The Morgan fingerprint density at radius 1 is 1.53 bits per heavy atom. The SMILES string of the molecule is CC[C@H](NC(=O)NCC1CCOC1C)C(=O)O. The average Bonchev–Trinajstić information content (AvgIpc) is 2.68. The van der Waals surface area contributed by atoms with Gasteiger partial charge >= 0.3 is 12.0 Å². The lowest BCUT2D eigenvalue weighted by molar-refractivity contribution is -0.139. The summed E-state index contributed by atoms with van der Waals surface area (Å²) >= 11 is 0. The molecule has 1 rings (SSSR count). The predicted molar refractivity (Wildman–Crippen MR) is 61.8 cm³/mol. The molecule has 2 unspecified atom stereocenters. The number of carbonyl (C=O) groups excluding carboxylic acids is 1. The number of aliphatic carboxylic acids is 1. The van der Waals surface area contributed by atoms with Gasteiger partial charge in [-0.05, 0) is 19.8 Å². The molecule has 0 saturated carbocycles. The second-order valence-corrected chi connectivity index (χ2v) is 4.28. The van der Waals surface area contributed by atoms with Crippen molar-refractivity contribution in [2.24, 2.45) is 5.92 Å². The lowest BCUT2D eigenvalue weighted by Crippen LogP contribution is -2.47. The third kappa shape index (κ3) is 4.22. The summed E-state index contributed by atoms with van der Waals surface area (Å²) in [5.41, 5.74) is 0. The summed E-state index contributed by atoms with van der Waals surface area (Å²) in [6, 6.07) is -1.26. The second kappa shape index (κ2) is 6.44. The number of carboxylic acid groups (broad SMARTS) is 1. The fourth-order valence-corrected chi connectivity index (χ4v) is 1.82. The number of hydrogen-bond donors (Lipinski definition) is 3. The molecule has 17 heavy (non-hydrogen) atoms. The number of rotatable bonds is 5. The van der Waals surface area contributed by atoms with Crippen LogP contribution in [0.15, 0.2) is 0 Å². The molecule has 0 aromatic carbocycles. The van der Waals surface area contributed by atoms with E-state index in [2.05, 4.69) is 10.6 Å². The molecule has 0 aliphatic carbocycles. The van der Waals surface area contributed by atoms with Gasteiger partial charge < -0.3 is 20.5 Å². The van der Waals surface area contributed by atoms with Crippen molar-refractivity contribution < 1.29 is 19.4 Å². The number of nitrogens with one attached hydrogen (secondary N) is 2. The fourth-order valence-electron chi connectivity index (χ4n) is 1.82. The maximum atomic E-state index is 11.5. The highest BCUT2D eigenvalue weighted by Gasteiger charge is 2.25. The van der Waals surface area contributed by atoms with Gasteiger partial charge in [0.15, 0.2) is 0 Å². The first-order valence-electron chi connectivity index (χ1n) is 5.93. The third-order valence-electron chi connectivity index (χ3n) is 3.07. The molecule has 0 radical (unpaired) electrons. The first-order valence-corrected chi connectivity index (χ1v) is 5.93. The number of amides is 2. The quantitative estimate of drug-likeness (QED) is 0.660. The molecule has 2 amide bonds. The van der Waals surface area contributed by atoms with E-state index in [9.17, 15) is 9.59 Å². The maximum absolute atomic E-state index is 11.5. The van der Waals surface area contributed by atoms with E-state index in [0.29, 0.717) is 18.9 Å². The predicted octanol–water partition coefficient (Wildman–Crippen LogP) is 0.574. The normalized spacial score (nSPS) is 25.3. The van der Waals surface area contributed by atoms with E-state index in [1.165, 1.54) is 0 Å². The van der Waals surface area contributed by atoms with Crippen molar-refractivity contribution in [1.29, 1.82) is 0 Å². The Labute approximate surface area is 101 Å². The summed E-state index contributed by atoms with van der Waals surface area (Å²) in [4.78, 5) is 22.2. The van der Waals surface area contributed by atoms with E-state index in [-0.39, 0.29) is 6.10 Å². The third-order valence-corrected chi connectivity index (χ3v) is 3.07. The highest BCUT2D eigenvalue weighted by Crippen LogP contribution is 2.19. The minimum Gasteiger partial charge on any atom is -0.480 e. The van der Waals surface area contributed by atoms with Crippen LogP contribution in [0, 0.1) is 5.92 Å². The molecular formula is C11H20N2O4. The van der Waals surface area contributed by atoms with Crippen molar-refractivity contribution >= 4 is 12.0 Å². The zero-order valence-corrected chi connectivity index (χ0v) is 10.2. The summed E-state index contributed by atoms with van der Waals surface area (Å²) in [6.07, 6.45) is 1.44. The largest absolute Gasteiger partial charge is 0.480 e. The molecule has 1 heterocycles. The monoisotopic (exact) mass is 244 g/mol. The number of carbonyl (C=O) groups is 2.